The third kappa shape index (κ3) is 4.05. The van der Waals surface area contributed by atoms with Crippen LogP contribution in [0.1, 0.15) is 37.8 Å². The minimum Gasteiger partial charge on any atom is -0.492 e. The van der Waals surface area contributed by atoms with Gasteiger partial charge in [-0.15, -0.1) is 0 Å². The SMILES string of the molecule is CCOc1ccccc1NS(=O)(=O)c1cc(C(C)C)ccc1C. The Hall–Kier alpha value is -2.01. The molecule has 0 saturated carbocycles. The number of sulfonamides is 1. The summed E-state index contributed by atoms with van der Waals surface area (Å²) in [5.41, 5.74) is 2.16. The van der Waals surface area contributed by atoms with Gasteiger partial charge in [-0.3, -0.25) is 4.72 Å². The van der Waals surface area contributed by atoms with Crippen LogP contribution in [0, 0.1) is 6.92 Å². The van der Waals surface area contributed by atoms with Crippen molar-refractivity contribution in [3.63, 3.8) is 0 Å². The Bertz CT molecular complexity index is 783. The van der Waals surface area contributed by atoms with E-state index in [1.165, 1.54) is 0 Å². The first-order valence-corrected chi connectivity index (χ1v) is 9.18. The molecule has 2 rings (SSSR count). The minimum atomic E-state index is -3.67. The van der Waals surface area contributed by atoms with E-state index in [0.717, 1.165) is 11.1 Å². The van der Waals surface area contributed by atoms with Crippen molar-refractivity contribution in [3.05, 3.63) is 53.6 Å². The summed E-state index contributed by atoms with van der Waals surface area (Å²) in [6, 6.07) is 12.6. The zero-order valence-corrected chi connectivity index (χ0v) is 14.8. The molecule has 0 atom stereocenters. The fourth-order valence-electron chi connectivity index (χ4n) is 2.30. The van der Waals surface area contributed by atoms with Gasteiger partial charge in [-0.05, 0) is 49.1 Å². The van der Waals surface area contributed by atoms with Gasteiger partial charge in [0.2, 0.25) is 0 Å². The van der Waals surface area contributed by atoms with Gasteiger partial charge in [-0.1, -0.05) is 38.1 Å². The van der Waals surface area contributed by atoms with Crippen LogP contribution in [0.5, 0.6) is 5.75 Å². The molecule has 5 heteroatoms. The zero-order valence-electron chi connectivity index (χ0n) is 14.0. The van der Waals surface area contributed by atoms with Gasteiger partial charge in [0, 0.05) is 0 Å². The number of benzene rings is 2. The van der Waals surface area contributed by atoms with Crippen molar-refractivity contribution in [1.82, 2.24) is 0 Å². The Labute approximate surface area is 138 Å². The van der Waals surface area contributed by atoms with E-state index in [1.807, 2.05) is 39.0 Å². The molecule has 0 spiro atoms. The van der Waals surface area contributed by atoms with Gasteiger partial charge in [0.05, 0.1) is 17.2 Å². The van der Waals surface area contributed by atoms with E-state index in [-0.39, 0.29) is 5.92 Å². The van der Waals surface area contributed by atoms with Gasteiger partial charge < -0.3 is 4.74 Å². The molecular weight excluding hydrogens is 310 g/mol. The molecule has 0 aromatic heterocycles. The molecule has 0 saturated heterocycles. The predicted octanol–water partition coefficient (Wildman–Crippen LogP) is 4.32. The Morgan fingerprint density at radius 3 is 2.48 bits per heavy atom. The summed E-state index contributed by atoms with van der Waals surface area (Å²) in [4.78, 5) is 0.301. The lowest BCUT2D eigenvalue weighted by Gasteiger charge is -2.15. The molecule has 0 aliphatic heterocycles. The first-order chi connectivity index (χ1) is 10.8. The van der Waals surface area contributed by atoms with Gasteiger partial charge in [0.25, 0.3) is 10.0 Å². The summed E-state index contributed by atoms with van der Waals surface area (Å²) >= 11 is 0. The van der Waals surface area contributed by atoms with Crippen LogP contribution in [0.3, 0.4) is 0 Å². The van der Waals surface area contributed by atoms with Crippen LogP contribution >= 0.6 is 0 Å². The third-order valence-electron chi connectivity index (χ3n) is 3.60. The molecular formula is C18H23NO3S. The molecule has 1 N–H and O–H groups in total. The number of para-hydroxylation sites is 2. The Balaban J connectivity index is 2.42. The molecule has 0 aliphatic rings. The topological polar surface area (TPSA) is 55.4 Å². The van der Waals surface area contributed by atoms with Crippen LogP contribution in [-0.4, -0.2) is 15.0 Å². The van der Waals surface area contributed by atoms with Crippen molar-refractivity contribution >= 4 is 15.7 Å². The molecule has 23 heavy (non-hydrogen) atoms. The summed E-state index contributed by atoms with van der Waals surface area (Å²) in [6.45, 7) is 8.22. The Morgan fingerprint density at radius 1 is 1.13 bits per heavy atom. The van der Waals surface area contributed by atoms with Crippen molar-refractivity contribution in [2.24, 2.45) is 0 Å². The average molecular weight is 333 g/mol. The van der Waals surface area contributed by atoms with Crippen LogP contribution in [0.25, 0.3) is 0 Å². The maximum Gasteiger partial charge on any atom is 0.262 e. The molecule has 4 nitrogen and oxygen atoms in total. The third-order valence-corrected chi connectivity index (χ3v) is 5.11. The molecule has 0 heterocycles. The molecule has 0 aliphatic carbocycles. The highest BCUT2D eigenvalue weighted by molar-refractivity contribution is 7.92. The van der Waals surface area contributed by atoms with Crippen LogP contribution in [0.15, 0.2) is 47.4 Å². The standard InChI is InChI=1S/C18H23NO3S/c1-5-22-17-9-7-6-8-16(17)19-23(20,21)18-12-15(13(2)3)11-10-14(18)4/h6-13,19H,5H2,1-4H3. The minimum absolute atomic E-state index is 0.264. The summed E-state index contributed by atoms with van der Waals surface area (Å²) in [5.74, 6) is 0.788. The summed E-state index contributed by atoms with van der Waals surface area (Å²) in [5, 5.41) is 0. The number of anilines is 1. The first kappa shape index (κ1) is 17.3. The second-order valence-electron chi connectivity index (χ2n) is 5.71. The van der Waals surface area contributed by atoms with Gasteiger partial charge in [0.15, 0.2) is 0 Å². The van der Waals surface area contributed by atoms with Crippen molar-refractivity contribution in [2.75, 3.05) is 11.3 Å². The highest BCUT2D eigenvalue weighted by Gasteiger charge is 2.19. The Morgan fingerprint density at radius 2 is 1.83 bits per heavy atom. The van der Waals surface area contributed by atoms with Crippen LogP contribution in [-0.2, 0) is 10.0 Å². The number of hydrogen-bond acceptors (Lipinski definition) is 3. The van der Waals surface area contributed by atoms with E-state index in [9.17, 15) is 8.42 Å². The maximum absolute atomic E-state index is 12.8. The van der Waals surface area contributed by atoms with Crippen LogP contribution in [0.4, 0.5) is 5.69 Å². The van der Waals surface area contributed by atoms with Crippen LogP contribution in [0.2, 0.25) is 0 Å². The predicted molar refractivity (Wildman–Crippen MR) is 93.7 cm³/mol. The normalized spacial score (nSPS) is 11.5. The fraction of sp³-hybridized carbons (Fsp3) is 0.333. The number of nitrogens with one attached hydrogen (secondary N) is 1. The first-order valence-electron chi connectivity index (χ1n) is 7.70. The Kier molecular flexibility index (Phi) is 5.31. The van der Waals surface area contributed by atoms with Gasteiger partial charge in [-0.2, -0.15) is 0 Å². The molecule has 124 valence electrons. The molecule has 0 radical (unpaired) electrons. The largest absolute Gasteiger partial charge is 0.492 e. The van der Waals surface area contributed by atoms with Crippen LogP contribution < -0.4 is 9.46 Å². The highest BCUT2D eigenvalue weighted by atomic mass is 32.2. The lowest BCUT2D eigenvalue weighted by atomic mass is 10.0. The number of aryl methyl sites for hydroxylation is 1. The molecule has 0 unspecified atom stereocenters. The van der Waals surface area contributed by atoms with Crippen molar-refractivity contribution in [3.8, 4) is 5.75 Å². The molecule has 2 aromatic carbocycles. The summed E-state index contributed by atoms with van der Waals surface area (Å²) in [6.07, 6.45) is 0. The van der Waals surface area contributed by atoms with Gasteiger partial charge in [-0.25, -0.2) is 8.42 Å². The van der Waals surface area contributed by atoms with Crippen molar-refractivity contribution in [2.45, 2.75) is 38.5 Å². The monoisotopic (exact) mass is 333 g/mol. The van der Waals surface area contributed by atoms with E-state index >= 15 is 0 Å². The number of rotatable bonds is 6. The number of hydrogen-bond donors (Lipinski definition) is 1. The smallest absolute Gasteiger partial charge is 0.262 e. The summed E-state index contributed by atoms with van der Waals surface area (Å²) < 4.78 is 33.7. The molecule has 0 bridgehead atoms. The second-order valence-corrected chi connectivity index (χ2v) is 7.37. The van der Waals surface area contributed by atoms with Crippen molar-refractivity contribution in [1.29, 1.82) is 0 Å². The van der Waals surface area contributed by atoms with E-state index in [4.69, 9.17) is 4.74 Å². The molecule has 0 amide bonds. The number of ether oxygens (including phenoxy) is 1. The zero-order chi connectivity index (χ0) is 17.0. The molecule has 0 fully saturated rings. The average Bonchev–Trinajstić information content (AvgIpc) is 2.49. The van der Waals surface area contributed by atoms with Gasteiger partial charge >= 0.3 is 0 Å². The van der Waals surface area contributed by atoms with E-state index in [1.54, 1.807) is 31.2 Å². The van der Waals surface area contributed by atoms with Gasteiger partial charge in [0.1, 0.15) is 5.75 Å². The summed E-state index contributed by atoms with van der Waals surface area (Å²) in [7, 11) is -3.67. The highest BCUT2D eigenvalue weighted by Crippen LogP contribution is 2.28. The van der Waals surface area contributed by atoms with E-state index in [2.05, 4.69) is 4.72 Å². The molecule has 2 aromatic rings. The second kappa shape index (κ2) is 7.04. The lowest BCUT2D eigenvalue weighted by molar-refractivity contribution is 0.342. The quantitative estimate of drug-likeness (QED) is 0.856. The fourth-order valence-corrected chi connectivity index (χ4v) is 3.65. The lowest BCUT2D eigenvalue weighted by Crippen LogP contribution is -2.15. The van der Waals surface area contributed by atoms with Crippen molar-refractivity contribution < 1.29 is 13.2 Å². The van der Waals surface area contributed by atoms with E-state index < -0.39 is 10.0 Å². The maximum atomic E-state index is 12.8. The van der Waals surface area contributed by atoms with E-state index in [0.29, 0.717) is 22.9 Å².